The van der Waals surface area contributed by atoms with Gasteiger partial charge in [-0.05, 0) is 50.8 Å². The Bertz CT molecular complexity index is 503. The van der Waals surface area contributed by atoms with Crippen molar-refractivity contribution in [3.05, 3.63) is 35.4 Å². The lowest BCUT2D eigenvalue weighted by Gasteiger charge is -2.28. The first kappa shape index (κ1) is 23.2. The van der Waals surface area contributed by atoms with Crippen molar-refractivity contribution in [3.63, 3.8) is 0 Å². The van der Waals surface area contributed by atoms with Crippen molar-refractivity contribution in [1.82, 2.24) is 0 Å². The van der Waals surface area contributed by atoms with E-state index in [4.69, 9.17) is 4.74 Å². The quantitative estimate of drug-likeness (QED) is 0.268. The summed E-state index contributed by atoms with van der Waals surface area (Å²) in [6.45, 7) is 10.7. The van der Waals surface area contributed by atoms with Crippen molar-refractivity contribution in [2.24, 2.45) is 0 Å². The van der Waals surface area contributed by atoms with Gasteiger partial charge in [-0.25, -0.2) is 4.79 Å². The Balaban J connectivity index is 3.01. The maximum absolute atomic E-state index is 12.3. The summed E-state index contributed by atoms with van der Waals surface area (Å²) < 4.78 is 5.39. The fraction of sp³-hybridized carbons (Fsp3) is 0.696. The standard InChI is InChI=1S/C23H40O2P/c1-6-9-15-26(16-10-7-2,17-11-8-3)19-21-13-12-14-22(18-21)23(24)25-20(4)5/h12-14,18,20H,6-11,15-17,19H2,1-5H3/q+1. The highest BCUT2D eigenvalue weighted by atomic mass is 31.2. The van der Waals surface area contributed by atoms with E-state index in [-0.39, 0.29) is 12.1 Å². The fourth-order valence-electron chi connectivity index (χ4n) is 3.52. The van der Waals surface area contributed by atoms with Gasteiger partial charge in [-0.3, -0.25) is 0 Å². The third kappa shape index (κ3) is 8.21. The first-order valence-electron chi connectivity index (χ1n) is 10.6. The molecule has 0 radical (unpaired) electrons. The third-order valence-corrected chi connectivity index (χ3v) is 9.81. The minimum atomic E-state index is -0.997. The van der Waals surface area contributed by atoms with Crippen LogP contribution in [0.4, 0.5) is 0 Å². The van der Waals surface area contributed by atoms with Crippen LogP contribution in [-0.4, -0.2) is 30.6 Å². The molecule has 3 heteroatoms. The monoisotopic (exact) mass is 379 g/mol. The largest absolute Gasteiger partial charge is 0.459 e. The Morgan fingerprint density at radius 2 is 1.50 bits per heavy atom. The van der Waals surface area contributed by atoms with Gasteiger partial charge in [0.05, 0.1) is 36.3 Å². The maximum Gasteiger partial charge on any atom is 0.338 e. The lowest BCUT2D eigenvalue weighted by Crippen LogP contribution is -2.13. The molecule has 1 rings (SSSR count). The van der Waals surface area contributed by atoms with E-state index in [1.807, 2.05) is 26.0 Å². The second kappa shape index (κ2) is 12.5. The average molecular weight is 380 g/mol. The number of carbonyl (C=O) groups excluding carboxylic acids is 1. The molecule has 0 aliphatic heterocycles. The average Bonchev–Trinajstić information content (AvgIpc) is 2.62. The van der Waals surface area contributed by atoms with Crippen molar-refractivity contribution in [3.8, 4) is 0 Å². The molecule has 0 N–H and O–H groups in total. The Labute approximate surface area is 162 Å². The van der Waals surface area contributed by atoms with Crippen molar-refractivity contribution < 1.29 is 9.53 Å². The minimum Gasteiger partial charge on any atom is -0.459 e. The highest BCUT2D eigenvalue weighted by Gasteiger charge is 2.35. The van der Waals surface area contributed by atoms with E-state index in [1.54, 1.807) is 0 Å². The molecule has 0 saturated heterocycles. The molecule has 0 fully saturated rings. The van der Waals surface area contributed by atoms with E-state index in [9.17, 15) is 4.79 Å². The molecule has 0 aliphatic rings. The van der Waals surface area contributed by atoms with Gasteiger partial charge < -0.3 is 4.74 Å². The van der Waals surface area contributed by atoms with Crippen LogP contribution in [0, 0.1) is 0 Å². The molecule has 0 heterocycles. The topological polar surface area (TPSA) is 26.3 Å². The van der Waals surface area contributed by atoms with Crippen molar-refractivity contribution in [2.45, 2.75) is 85.4 Å². The molecule has 0 atom stereocenters. The number of hydrogen-bond donors (Lipinski definition) is 0. The lowest BCUT2D eigenvalue weighted by atomic mass is 10.1. The van der Waals surface area contributed by atoms with Gasteiger partial charge in [0.1, 0.15) is 0 Å². The van der Waals surface area contributed by atoms with E-state index in [0.717, 1.165) is 0 Å². The van der Waals surface area contributed by atoms with Crippen molar-refractivity contribution in [2.75, 3.05) is 18.5 Å². The highest BCUT2D eigenvalue weighted by molar-refractivity contribution is 7.75. The predicted molar refractivity (Wildman–Crippen MR) is 117 cm³/mol. The zero-order chi connectivity index (χ0) is 19.4. The van der Waals surface area contributed by atoms with Gasteiger partial charge in [0, 0.05) is 7.26 Å². The van der Waals surface area contributed by atoms with Crippen LogP contribution in [0.15, 0.2) is 24.3 Å². The Morgan fingerprint density at radius 3 is 1.96 bits per heavy atom. The summed E-state index contributed by atoms with van der Waals surface area (Å²) in [5, 5.41) is 0. The molecular formula is C23H40O2P+. The number of hydrogen-bond acceptors (Lipinski definition) is 2. The van der Waals surface area contributed by atoms with Gasteiger partial charge in [-0.2, -0.15) is 0 Å². The van der Waals surface area contributed by atoms with Crippen LogP contribution < -0.4 is 0 Å². The molecular weight excluding hydrogens is 339 g/mol. The Morgan fingerprint density at radius 1 is 0.962 bits per heavy atom. The normalized spacial score (nSPS) is 11.8. The number of ether oxygens (including phenoxy) is 1. The van der Waals surface area contributed by atoms with Crippen molar-refractivity contribution in [1.29, 1.82) is 0 Å². The van der Waals surface area contributed by atoms with Crippen LogP contribution in [0.5, 0.6) is 0 Å². The van der Waals surface area contributed by atoms with Crippen LogP contribution >= 0.6 is 7.26 Å². The molecule has 2 nitrogen and oxygen atoms in total. The summed E-state index contributed by atoms with van der Waals surface area (Å²) in [5.74, 6) is -0.193. The molecule has 0 spiro atoms. The third-order valence-electron chi connectivity index (χ3n) is 4.98. The van der Waals surface area contributed by atoms with Gasteiger partial charge in [0.15, 0.2) is 0 Å². The first-order chi connectivity index (χ1) is 12.5. The summed E-state index contributed by atoms with van der Waals surface area (Å²) >= 11 is 0. The van der Waals surface area contributed by atoms with Crippen LogP contribution in [0.3, 0.4) is 0 Å². The predicted octanol–water partition coefficient (Wildman–Crippen LogP) is 7.17. The molecule has 0 aliphatic carbocycles. The molecule has 0 amide bonds. The zero-order valence-electron chi connectivity index (χ0n) is 17.7. The fourth-order valence-corrected chi connectivity index (χ4v) is 8.60. The van der Waals surface area contributed by atoms with Gasteiger partial charge in [0.25, 0.3) is 0 Å². The molecule has 1 aromatic carbocycles. The maximum atomic E-state index is 12.3. The summed E-state index contributed by atoms with van der Waals surface area (Å²) in [4.78, 5) is 12.3. The first-order valence-corrected chi connectivity index (χ1v) is 13.1. The van der Waals surface area contributed by atoms with Crippen LogP contribution in [0.25, 0.3) is 0 Å². The van der Waals surface area contributed by atoms with E-state index in [2.05, 4.69) is 32.9 Å². The van der Waals surface area contributed by atoms with E-state index >= 15 is 0 Å². The minimum absolute atomic E-state index is 0.0728. The van der Waals surface area contributed by atoms with Crippen LogP contribution in [-0.2, 0) is 10.9 Å². The number of unbranched alkanes of at least 4 members (excludes halogenated alkanes) is 3. The summed E-state index contributed by atoms with van der Waals surface area (Å²) in [5.41, 5.74) is 2.04. The second-order valence-electron chi connectivity index (χ2n) is 7.89. The molecule has 0 unspecified atom stereocenters. The second-order valence-corrected chi connectivity index (χ2v) is 12.2. The molecule has 0 saturated carbocycles. The van der Waals surface area contributed by atoms with Gasteiger partial charge in [0.2, 0.25) is 0 Å². The zero-order valence-corrected chi connectivity index (χ0v) is 18.6. The Hall–Kier alpha value is -0.880. The number of esters is 1. The Kier molecular flexibility index (Phi) is 11.1. The number of rotatable bonds is 13. The molecule has 148 valence electrons. The van der Waals surface area contributed by atoms with Crippen LogP contribution in [0.2, 0.25) is 0 Å². The van der Waals surface area contributed by atoms with E-state index < -0.39 is 7.26 Å². The SMILES string of the molecule is CCCC[P+](CCCC)(CCCC)Cc1cccc(C(=O)OC(C)C)c1. The van der Waals surface area contributed by atoms with Crippen molar-refractivity contribution >= 4 is 13.2 Å². The van der Waals surface area contributed by atoms with E-state index in [1.165, 1.54) is 68.7 Å². The van der Waals surface area contributed by atoms with Gasteiger partial charge in [-0.1, -0.05) is 52.2 Å². The van der Waals surface area contributed by atoms with Crippen LogP contribution in [0.1, 0.15) is 89.1 Å². The molecule has 1 aromatic rings. The summed E-state index contributed by atoms with van der Waals surface area (Å²) in [6.07, 6.45) is 13.2. The number of carbonyl (C=O) groups is 1. The summed E-state index contributed by atoms with van der Waals surface area (Å²) in [7, 11) is -0.997. The molecule has 0 aromatic heterocycles. The smallest absolute Gasteiger partial charge is 0.338 e. The van der Waals surface area contributed by atoms with Gasteiger partial charge in [-0.15, -0.1) is 0 Å². The molecule has 0 bridgehead atoms. The van der Waals surface area contributed by atoms with E-state index in [0.29, 0.717) is 5.56 Å². The number of benzene rings is 1. The summed E-state index contributed by atoms with van der Waals surface area (Å²) in [6, 6.07) is 8.22. The molecule has 26 heavy (non-hydrogen) atoms. The highest BCUT2D eigenvalue weighted by Crippen LogP contribution is 2.63. The lowest BCUT2D eigenvalue weighted by molar-refractivity contribution is 0.0378. The van der Waals surface area contributed by atoms with Gasteiger partial charge >= 0.3 is 5.97 Å².